The largest absolute Gasteiger partial charge is 0.494 e. The molecule has 0 fully saturated rings. The van der Waals surface area contributed by atoms with Gasteiger partial charge in [-0.1, -0.05) is 48.6 Å². The molecule has 1 aliphatic heterocycles. The third-order valence-corrected chi connectivity index (χ3v) is 6.63. The second kappa shape index (κ2) is 10.7. The normalized spacial score (nSPS) is 15.4. The SMILES string of the molecule is CCOc1ccc(/C=c2\sc3n(c2=O)[C@@H](c2ccccc2)C(C(=O)OC)=C(CC)N=3)c(OCC)c1. The number of fused-ring (bicyclic) bond motifs is 1. The van der Waals surface area contributed by atoms with Crippen LogP contribution in [0.3, 0.4) is 0 Å². The summed E-state index contributed by atoms with van der Waals surface area (Å²) < 4.78 is 18.6. The van der Waals surface area contributed by atoms with Gasteiger partial charge in [0.05, 0.1) is 42.2 Å². The van der Waals surface area contributed by atoms with E-state index in [1.165, 1.54) is 18.4 Å². The van der Waals surface area contributed by atoms with Crippen LogP contribution in [-0.2, 0) is 9.53 Å². The number of aromatic nitrogens is 1. The zero-order valence-electron chi connectivity index (χ0n) is 20.2. The van der Waals surface area contributed by atoms with Gasteiger partial charge in [0.2, 0.25) is 0 Å². The first kappa shape index (κ1) is 24.5. The second-order valence-electron chi connectivity index (χ2n) is 7.76. The number of hydrogen-bond acceptors (Lipinski definition) is 7. The molecule has 0 radical (unpaired) electrons. The number of ether oxygens (including phenoxy) is 3. The van der Waals surface area contributed by atoms with Crippen molar-refractivity contribution in [2.24, 2.45) is 4.99 Å². The average molecular weight is 493 g/mol. The Morgan fingerprint density at radius 1 is 1.09 bits per heavy atom. The fourth-order valence-electron chi connectivity index (χ4n) is 4.13. The first-order valence-corrected chi connectivity index (χ1v) is 12.4. The van der Waals surface area contributed by atoms with Gasteiger partial charge in [-0.15, -0.1) is 0 Å². The zero-order chi connectivity index (χ0) is 24.9. The number of benzene rings is 2. The summed E-state index contributed by atoms with van der Waals surface area (Å²) in [6.07, 6.45) is 2.34. The molecule has 8 heteroatoms. The Balaban J connectivity index is 1.94. The van der Waals surface area contributed by atoms with Crippen LogP contribution in [0.5, 0.6) is 11.5 Å². The molecule has 2 aromatic carbocycles. The van der Waals surface area contributed by atoms with E-state index < -0.39 is 12.0 Å². The Morgan fingerprint density at radius 2 is 1.83 bits per heavy atom. The molecule has 3 aromatic rings. The molecule has 0 bridgehead atoms. The van der Waals surface area contributed by atoms with E-state index in [0.717, 1.165) is 11.1 Å². The lowest BCUT2D eigenvalue weighted by Gasteiger charge is -2.25. The Bertz CT molecular complexity index is 1440. The molecule has 182 valence electrons. The maximum atomic E-state index is 13.7. The topological polar surface area (TPSA) is 79.1 Å². The number of hydrogen-bond donors (Lipinski definition) is 0. The lowest BCUT2D eigenvalue weighted by Crippen LogP contribution is -2.40. The molecular weight excluding hydrogens is 464 g/mol. The average Bonchev–Trinajstić information content (AvgIpc) is 3.19. The zero-order valence-corrected chi connectivity index (χ0v) is 21.1. The number of esters is 1. The van der Waals surface area contributed by atoms with Crippen molar-refractivity contribution >= 4 is 23.4 Å². The maximum Gasteiger partial charge on any atom is 0.338 e. The molecule has 0 unspecified atom stereocenters. The van der Waals surface area contributed by atoms with E-state index in [1.807, 2.05) is 69.3 Å². The van der Waals surface area contributed by atoms with Gasteiger partial charge in [-0.05, 0) is 44.0 Å². The Hall–Kier alpha value is -3.65. The lowest BCUT2D eigenvalue weighted by molar-refractivity contribution is -0.136. The van der Waals surface area contributed by atoms with E-state index in [9.17, 15) is 9.59 Å². The van der Waals surface area contributed by atoms with Crippen LogP contribution < -0.4 is 24.4 Å². The van der Waals surface area contributed by atoms with Crippen LogP contribution in [0.1, 0.15) is 44.4 Å². The summed E-state index contributed by atoms with van der Waals surface area (Å²) in [5.41, 5.74) is 2.36. The second-order valence-corrected chi connectivity index (χ2v) is 8.77. The summed E-state index contributed by atoms with van der Waals surface area (Å²) in [6, 6.07) is 14.4. The van der Waals surface area contributed by atoms with Gasteiger partial charge in [0.25, 0.3) is 5.56 Å². The lowest BCUT2D eigenvalue weighted by atomic mass is 9.95. The quantitative estimate of drug-likeness (QED) is 0.449. The van der Waals surface area contributed by atoms with Crippen LogP contribution in [0.25, 0.3) is 6.08 Å². The maximum absolute atomic E-state index is 13.7. The summed E-state index contributed by atoms with van der Waals surface area (Å²) >= 11 is 1.29. The smallest absolute Gasteiger partial charge is 0.338 e. The highest BCUT2D eigenvalue weighted by atomic mass is 32.1. The van der Waals surface area contributed by atoms with Crippen LogP contribution in [0.4, 0.5) is 0 Å². The molecule has 1 aliphatic rings. The van der Waals surface area contributed by atoms with Gasteiger partial charge >= 0.3 is 5.97 Å². The summed E-state index contributed by atoms with van der Waals surface area (Å²) in [6.45, 7) is 6.79. The van der Waals surface area contributed by atoms with Gasteiger partial charge in [-0.25, -0.2) is 9.79 Å². The molecule has 1 atom stereocenters. The fraction of sp³-hybridized carbons (Fsp3) is 0.296. The fourth-order valence-corrected chi connectivity index (χ4v) is 5.14. The van der Waals surface area contributed by atoms with Crippen LogP contribution in [-0.4, -0.2) is 30.9 Å². The van der Waals surface area contributed by atoms with Gasteiger partial charge < -0.3 is 14.2 Å². The number of allylic oxidation sites excluding steroid dienone is 1. The van der Waals surface area contributed by atoms with Gasteiger partial charge in [0.15, 0.2) is 4.80 Å². The Kier molecular flexibility index (Phi) is 7.51. The highest BCUT2D eigenvalue weighted by Crippen LogP contribution is 2.32. The van der Waals surface area contributed by atoms with E-state index >= 15 is 0 Å². The third kappa shape index (κ3) is 4.79. The molecule has 0 aliphatic carbocycles. The monoisotopic (exact) mass is 492 g/mol. The van der Waals surface area contributed by atoms with Gasteiger partial charge in [0.1, 0.15) is 11.5 Å². The first-order valence-electron chi connectivity index (χ1n) is 11.6. The highest BCUT2D eigenvalue weighted by Gasteiger charge is 2.33. The Morgan fingerprint density at radius 3 is 2.49 bits per heavy atom. The van der Waals surface area contributed by atoms with Crippen molar-refractivity contribution in [2.75, 3.05) is 20.3 Å². The molecule has 1 aromatic heterocycles. The molecule has 0 saturated carbocycles. The summed E-state index contributed by atoms with van der Waals surface area (Å²) in [4.78, 5) is 31.8. The predicted octanol–water partition coefficient (Wildman–Crippen LogP) is 3.60. The van der Waals surface area contributed by atoms with Gasteiger partial charge in [-0.3, -0.25) is 9.36 Å². The summed E-state index contributed by atoms with van der Waals surface area (Å²) in [7, 11) is 1.34. The minimum Gasteiger partial charge on any atom is -0.494 e. The minimum atomic E-state index is -0.622. The number of carbonyl (C=O) groups excluding carboxylic acids is 1. The Labute approximate surface area is 207 Å². The van der Waals surface area contributed by atoms with Crippen molar-refractivity contribution in [3.05, 3.63) is 90.6 Å². The standard InChI is InChI=1S/C27H28N2O5S/c1-5-20-23(26(31)32-4)24(17-11-9-8-10-12-17)29-25(30)22(35-27(29)28-20)15-18-13-14-19(33-6-2)16-21(18)34-7-3/h8-16,24H,5-7H2,1-4H3/b22-15-/t24-/m0/s1. The first-order chi connectivity index (χ1) is 17.0. The van der Waals surface area contributed by atoms with Crippen molar-refractivity contribution in [1.29, 1.82) is 0 Å². The van der Waals surface area contributed by atoms with Crippen molar-refractivity contribution in [3.63, 3.8) is 0 Å². The van der Waals surface area contributed by atoms with Crippen LogP contribution in [0.2, 0.25) is 0 Å². The molecule has 4 rings (SSSR count). The van der Waals surface area contributed by atoms with E-state index in [0.29, 0.717) is 51.7 Å². The molecule has 0 spiro atoms. The number of carbonyl (C=O) groups is 1. The van der Waals surface area contributed by atoms with Crippen molar-refractivity contribution < 1.29 is 19.0 Å². The number of methoxy groups -OCH3 is 1. The summed E-state index contributed by atoms with van der Waals surface area (Å²) in [5.74, 6) is 0.848. The van der Waals surface area contributed by atoms with Crippen molar-refractivity contribution in [1.82, 2.24) is 4.57 Å². The molecule has 0 saturated heterocycles. The van der Waals surface area contributed by atoms with Gasteiger partial charge in [0, 0.05) is 11.6 Å². The molecular formula is C27H28N2O5S. The van der Waals surface area contributed by atoms with Crippen molar-refractivity contribution in [2.45, 2.75) is 33.2 Å². The molecule has 2 heterocycles. The number of nitrogens with zero attached hydrogens (tertiary/aromatic N) is 2. The molecule has 0 N–H and O–H groups in total. The van der Waals surface area contributed by atoms with Gasteiger partial charge in [-0.2, -0.15) is 0 Å². The summed E-state index contributed by atoms with van der Waals surface area (Å²) in [5, 5.41) is 0. The number of thiazole rings is 1. The van der Waals surface area contributed by atoms with E-state index in [4.69, 9.17) is 19.2 Å². The third-order valence-electron chi connectivity index (χ3n) is 5.65. The van der Waals surface area contributed by atoms with Crippen molar-refractivity contribution in [3.8, 4) is 11.5 Å². The van der Waals surface area contributed by atoms with E-state index in [1.54, 1.807) is 10.6 Å². The predicted molar refractivity (Wildman–Crippen MR) is 136 cm³/mol. The van der Waals surface area contributed by atoms with Crippen LogP contribution in [0, 0.1) is 0 Å². The number of rotatable bonds is 8. The van der Waals surface area contributed by atoms with E-state index in [2.05, 4.69) is 0 Å². The minimum absolute atomic E-state index is 0.226. The van der Waals surface area contributed by atoms with E-state index in [-0.39, 0.29) is 5.56 Å². The molecule has 35 heavy (non-hydrogen) atoms. The van der Waals surface area contributed by atoms with Crippen LogP contribution in [0.15, 0.2) is 69.6 Å². The highest BCUT2D eigenvalue weighted by molar-refractivity contribution is 7.07. The molecule has 7 nitrogen and oxygen atoms in total. The van der Waals surface area contributed by atoms with Crippen LogP contribution >= 0.6 is 11.3 Å². The molecule has 0 amide bonds.